The summed E-state index contributed by atoms with van der Waals surface area (Å²) in [7, 11) is 4.67. The van der Waals surface area contributed by atoms with E-state index in [0.717, 1.165) is 33.7 Å². The molecule has 0 aliphatic carbocycles. The summed E-state index contributed by atoms with van der Waals surface area (Å²) >= 11 is 0. The van der Waals surface area contributed by atoms with E-state index in [1.807, 2.05) is 60.9 Å². The molecule has 4 aromatic carbocycles. The molecule has 5 aliphatic rings. The molecule has 0 bridgehead atoms. The Morgan fingerprint density at radius 3 is 1.70 bits per heavy atom. The number of aliphatic imine (C=N–C) groups is 2. The molecule has 5 amide bonds. The highest BCUT2D eigenvalue weighted by Crippen LogP contribution is 2.42. The van der Waals surface area contributed by atoms with E-state index in [-0.39, 0.29) is 67.8 Å². The van der Waals surface area contributed by atoms with E-state index < -0.39 is 5.54 Å². The lowest BCUT2D eigenvalue weighted by Gasteiger charge is -2.25. The van der Waals surface area contributed by atoms with Gasteiger partial charge in [0.25, 0.3) is 23.6 Å². The zero-order chi connectivity index (χ0) is 51.9. The summed E-state index contributed by atoms with van der Waals surface area (Å²) in [5, 5.41) is 6.06. The lowest BCUT2D eigenvalue weighted by atomic mass is 10.0. The molecule has 9 rings (SSSR count). The SMILES string of the molecule is COc1ccc(C2=CN3C(=O)c4cc(OC)c(OCCCOc5cc6c(cc5OC)C(=O)N5C=C(c7ccc(NC[C@](C)(C=O)NC(=O)CCCCCN8C(=O)C=CC8=O)cc7)C[C@H]5C=N6)cc4N=C[C@@H]3C2)cc1. The van der Waals surface area contributed by atoms with Crippen LogP contribution in [-0.4, -0.2) is 128 Å². The van der Waals surface area contributed by atoms with Crippen LogP contribution in [0, 0.1) is 0 Å². The van der Waals surface area contributed by atoms with Crippen LogP contribution in [0.4, 0.5) is 17.1 Å². The number of imide groups is 1. The minimum absolute atomic E-state index is 0.154. The topological polar surface area (TPSA) is 207 Å². The number of methoxy groups -OCH3 is 3. The fourth-order valence-corrected chi connectivity index (χ4v) is 9.34. The third kappa shape index (κ3) is 10.9. The number of unbranched alkanes of at least 4 members (excludes halogenated alkanes) is 2. The molecule has 4 aromatic rings. The van der Waals surface area contributed by atoms with Crippen molar-refractivity contribution in [3.63, 3.8) is 0 Å². The Bertz CT molecular complexity index is 3000. The minimum Gasteiger partial charge on any atom is -0.497 e. The Labute approximate surface area is 428 Å². The largest absolute Gasteiger partial charge is 0.497 e. The number of nitrogens with zero attached hydrogens (tertiary/aromatic N) is 5. The molecular weight excluding hydrogens is 947 g/mol. The van der Waals surface area contributed by atoms with Gasteiger partial charge < -0.3 is 48.9 Å². The van der Waals surface area contributed by atoms with Gasteiger partial charge in [-0.3, -0.25) is 38.9 Å². The third-order valence-electron chi connectivity index (χ3n) is 13.5. The lowest BCUT2D eigenvalue weighted by Crippen LogP contribution is -2.52. The average molecular weight is 1000 g/mol. The lowest BCUT2D eigenvalue weighted by molar-refractivity contribution is -0.137. The smallest absolute Gasteiger partial charge is 0.260 e. The highest BCUT2D eigenvalue weighted by atomic mass is 16.5. The van der Waals surface area contributed by atoms with Gasteiger partial charge >= 0.3 is 0 Å². The first-order chi connectivity index (χ1) is 35.9. The summed E-state index contributed by atoms with van der Waals surface area (Å²) in [6.45, 7) is 2.63. The summed E-state index contributed by atoms with van der Waals surface area (Å²) in [6.07, 6.45) is 14.1. The molecule has 18 nitrogen and oxygen atoms in total. The maximum atomic E-state index is 14.1. The molecule has 0 radical (unpaired) electrons. The number of hydrogen-bond donors (Lipinski definition) is 2. The Balaban J connectivity index is 0.752. The quantitative estimate of drug-likeness (QED) is 0.0447. The number of hydrogen-bond acceptors (Lipinski definition) is 14. The van der Waals surface area contributed by atoms with Gasteiger partial charge in [0.05, 0.1) is 69.1 Å². The van der Waals surface area contributed by atoms with E-state index >= 15 is 0 Å². The number of aldehydes is 1. The van der Waals surface area contributed by atoms with Gasteiger partial charge in [-0.15, -0.1) is 0 Å². The molecule has 5 aliphatic heterocycles. The van der Waals surface area contributed by atoms with Crippen molar-refractivity contribution < 1.29 is 52.5 Å². The van der Waals surface area contributed by atoms with Crippen LogP contribution in [0.5, 0.6) is 28.7 Å². The Hall–Kier alpha value is -8.54. The second-order valence-electron chi connectivity index (χ2n) is 18.6. The molecule has 0 fully saturated rings. The fourth-order valence-electron chi connectivity index (χ4n) is 9.34. The van der Waals surface area contributed by atoms with Crippen molar-refractivity contribution >= 4 is 76.5 Å². The van der Waals surface area contributed by atoms with Gasteiger partial charge in [-0.1, -0.05) is 30.7 Å². The number of nitrogens with one attached hydrogen (secondary N) is 2. The highest BCUT2D eigenvalue weighted by molar-refractivity contribution is 6.13. The first-order valence-electron chi connectivity index (χ1n) is 24.5. The predicted molar refractivity (Wildman–Crippen MR) is 278 cm³/mol. The average Bonchev–Trinajstić information content (AvgIpc) is 4.10. The number of benzene rings is 4. The fraction of sp³-hybridized carbons (Fsp3) is 0.321. The first-order valence-corrected chi connectivity index (χ1v) is 24.5. The zero-order valence-electron chi connectivity index (χ0n) is 41.6. The number of anilines is 1. The first kappa shape index (κ1) is 50.4. The maximum Gasteiger partial charge on any atom is 0.260 e. The summed E-state index contributed by atoms with van der Waals surface area (Å²) in [6, 6.07) is 21.6. The van der Waals surface area contributed by atoms with E-state index in [4.69, 9.17) is 33.7 Å². The molecule has 2 N–H and O–H groups in total. The zero-order valence-corrected chi connectivity index (χ0v) is 41.6. The number of ether oxygens (including phenoxy) is 5. The predicted octanol–water partition coefficient (Wildman–Crippen LogP) is 7.47. The van der Waals surface area contributed by atoms with Gasteiger partial charge in [-0.25, -0.2) is 0 Å². The van der Waals surface area contributed by atoms with Crippen LogP contribution in [-0.2, 0) is 19.2 Å². The molecule has 0 aromatic heterocycles. The monoisotopic (exact) mass is 1000 g/mol. The van der Waals surface area contributed by atoms with Gasteiger partial charge in [-0.2, -0.15) is 0 Å². The van der Waals surface area contributed by atoms with Crippen molar-refractivity contribution in [2.75, 3.05) is 52.9 Å². The van der Waals surface area contributed by atoms with Crippen LogP contribution in [0.15, 0.2) is 107 Å². The van der Waals surface area contributed by atoms with Crippen molar-refractivity contribution in [2.45, 2.75) is 69.5 Å². The minimum atomic E-state index is -1.16. The number of carbonyl (C=O) groups excluding carboxylic acids is 6. The van der Waals surface area contributed by atoms with Gasteiger partial charge in [0, 0.05) is 93.6 Å². The van der Waals surface area contributed by atoms with Crippen LogP contribution < -0.4 is 34.3 Å². The Morgan fingerprint density at radius 1 is 0.676 bits per heavy atom. The number of amides is 5. The van der Waals surface area contributed by atoms with Crippen LogP contribution in [0.25, 0.3) is 11.1 Å². The molecule has 0 spiro atoms. The number of fused-ring (bicyclic) bond motifs is 4. The van der Waals surface area contributed by atoms with Crippen molar-refractivity contribution in [1.82, 2.24) is 20.0 Å². The van der Waals surface area contributed by atoms with E-state index in [0.29, 0.717) is 96.9 Å². The second kappa shape index (κ2) is 22.1. The number of rotatable bonds is 22. The molecule has 18 heteroatoms. The normalized spacial score (nSPS) is 18.1. The van der Waals surface area contributed by atoms with E-state index in [1.54, 1.807) is 60.5 Å². The standard InChI is InChI=1S/C56H57N7O11/c1-56(34-64,60-51(65)9-6-5-7-20-61-52(66)18-19-53(61)67)33-59-39-14-10-35(11-15-39)37-23-40-29-57-45-27-49(47(71-3)25-43(45)54(68)62(40)31-37)73-21-8-22-74-50-28-46-44(26-48(50)72-4)55(69)63-32-38(24-41(63)30-58-46)36-12-16-42(70-2)17-13-36/h10-19,25-32,34,40-41,59H,5-9,20-24,33H2,1-4H3,(H,60,65)/t40-,41-,56+/m0/s1. The van der Waals surface area contributed by atoms with E-state index in [1.165, 1.54) is 31.3 Å². The molecule has 74 heavy (non-hydrogen) atoms. The molecule has 5 heterocycles. The van der Waals surface area contributed by atoms with Crippen molar-refractivity contribution in [3.8, 4) is 28.7 Å². The van der Waals surface area contributed by atoms with Crippen LogP contribution >= 0.6 is 0 Å². The third-order valence-corrected chi connectivity index (χ3v) is 13.5. The van der Waals surface area contributed by atoms with Crippen molar-refractivity contribution in [1.29, 1.82) is 0 Å². The van der Waals surface area contributed by atoms with Crippen LogP contribution in [0.3, 0.4) is 0 Å². The second-order valence-corrected chi connectivity index (χ2v) is 18.6. The molecular formula is C56H57N7O11. The van der Waals surface area contributed by atoms with E-state index in [9.17, 15) is 28.8 Å². The van der Waals surface area contributed by atoms with Crippen LogP contribution in [0.1, 0.15) is 83.7 Å². The molecule has 3 atom stereocenters. The molecule has 0 unspecified atom stereocenters. The molecule has 0 saturated heterocycles. The van der Waals surface area contributed by atoms with Gasteiger partial charge in [0.15, 0.2) is 23.0 Å². The molecule has 0 saturated carbocycles. The Kier molecular flexibility index (Phi) is 15.0. The van der Waals surface area contributed by atoms with E-state index in [2.05, 4.69) is 10.6 Å². The molecule has 382 valence electrons. The van der Waals surface area contributed by atoms with Gasteiger partial charge in [0.2, 0.25) is 5.91 Å². The summed E-state index contributed by atoms with van der Waals surface area (Å²) in [4.78, 5) is 90.2. The summed E-state index contributed by atoms with van der Waals surface area (Å²) in [5.41, 5.74) is 5.22. The van der Waals surface area contributed by atoms with Crippen LogP contribution in [0.2, 0.25) is 0 Å². The summed E-state index contributed by atoms with van der Waals surface area (Å²) in [5.74, 6) is 1.10. The summed E-state index contributed by atoms with van der Waals surface area (Å²) < 4.78 is 29.0. The van der Waals surface area contributed by atoms with Crippen molar-refractivity contribution in [2.24, 2.45) is 9.98 Å². The van der Waals surface area contributed by atoms with Gasteiger partial charge in [-0.05, 0) is 78.4 Å². The highest BCUT2D eigenvalue weighted by Gasteiger charge is 2.36. The maximum absolute atomic E-state index is 14.1. The number of carbonyl (C=O) groups is 6. The van der Waals surface area contributed by atoms with Crippen molar-refractivity contribution in [3.05, 3.63) is 120 Å². The van der Waals surface area contributed by atoms with Gasteiger partial charge in [0.1, 0.15) is 17.6 Å². The Morgan fingerprint density at radius 2 is 1.20 bits per heavy atom.